The molecule has 7 nitrogen and oxygen atoms in total. The van der Waals surface area contributed by atoms with Crippen molar-refractivity contribution in [2.45, 2.75) is 25.7 Å². The number of benzene rings is 1. The number of hydrogen-bond acceptors (Lipinski definition) is 5. The van der Waals surface area contributed by atoms with E-state index < -0.39 is 0 Å². The Hall–Kier alpha value is -3.68. The zero-order valence-electron chi connectivity index (χ0n) is 17.6. The van der Waals surface area contributed by atoms with Crippen molar-refractivity contribution in [2.75, 3.05) is 18.4 Å². The van der Waals surface area contributed by atoms with E-state index >= 15 is 0 Å². The van der Waals surface area contributed by atoms with Gasteiger partial charge in [0.25, 0.3) is 11.8 Å². The van der Waals surface area contributed by atoms with Crippen molar-refractivity contribution in [1.29, 1.82) is 0 Å². The van der Waals surface area contributed by atoms with Crippen molar-refractivity contribution in [3.8, 4) is 0 Å². The third-order valence-corrected chi connectivity index (χ3v) is 5.70. The number of halogens is 1. The zero-order chi connectivity index (χ0) is 22.3. The summed E-state index contributed by atoms with van der Waals surface area (Å²) in [4.78, 5) is 38.9. The highest BCUT2D eigenvalue weighted by Gasteiger charge is 2.24. The Morgan fingerprint density at radius 2 is 1.81 bits per heavy atom. The summed E-state index contributed by atoms with van der Waals surface area (Å²) in [5.41, 5.74) is 1.85. The normalized spacial score (nSPS) is 14.2. The molecule has 0 spiro atoms. The summed E-state index contributed by atoms with van der Waals surface area (Å²) >= 11 is 0. The molecule has 0 saturated carbocycles. The van der Waals surface area contributed by atoms with Crippen LogP contribution < -0.4 is 5.32 Å². The zero-order valence-corrected chi connectivity index (χ0v) is 17.6. The SMILES string of the molecule is O=C(Nc1cc(CCC2CCN(C(=O)c3cnccn3)CC2)ccn1)c1ccc(F)cc1. The molecule has 0 aliphatic carbocycles. The van der Waals surface area contributed by atoms with Crippen molar-refractivity contribution in [3.05, 3.63) is 83.8 Å². The first-order valence-corrected chi connectivity index (χ1v) is 10.7. The standard InChI is InChI=1S/C24H24FN5O2/c25-20-5-3-19(4-6-20)23(31)29-22-15-18(7-10-28-22)2-1-17-8-13-30(14-9-17)24(32)21-16-26-11-12-27-21/h3-7,10-12,15-17H,1-2,8-9,13-14H2,(H,28,29,31). The van der Waals surface area contributed by atoms with E-state index in [0.29, 0.717) is 23.0 Å². The van der Waals surface area contributed by atoms with Crippen molar-refractivity contribution in [3.63, 3.8) is 0 Å². The Balaban J connectivity index is 1.26. The molecule has 3 aromatic rings. The molecular formula is C24H24FN5O2. The van der Waals surface area contributed by atoms with Crippen molar-refractivity contribution in [1.82, 2.24) is 19.9 Å². The number of likely N-dealkylation sites (tertiary alicyclic amines) is 1. The fraction of sp³-hybridized carbons (Fsp3) is 0.292. The minimum Gasteiger partial charge on any atom is -0.337 e. The number of piperidine rings is 1. The van der Waals surface area contributed by atoms with E-state index in [1.165, 1.54) is 36.7 Å². The van der Waals surface area contributed by atoms with Gasteiger partial charge in [-0.15, -0.1) is 0 Å². The van der Waals surface area contributed by atoms with Gasteiger partial charge in [-0.1, -0.05) is 0 Å². The molecule has 3 heterocycles. The second kappa shape index (κ2) is 10.1. The lowest BCUT2D eigenvalue weighted by Gasteiger charge is -2.31. The maximum atomic E-state index is 13.0. The Bertz CT molecular complexity index is 1070. The maximum absolute atomic E-state index is 13.0. The Morgan fingerprint density at radius 3 is 2.53 bits per heavy atom. The number of aromatic nitrogens is 3. The first-order chi connectivity index (χ1) is 15.6. The molecular weight excluding hydrogens is 409 g/mol. The smallest absolute Gasteiger partial charge is 0.274 e. The second-order valence-electron chi connectivity index (χ2n) is 7.88. The van der Waals surface area contributed by atoms with E-state index in [1.54, 1.807) is 12.4 Å². The minimum atomic E-state index is -0.384. The lowest BCUT2D eigenvalue weighted by atomic mass is 9.90. The van der Waals surface area contributed by atoms with Crippen LogP contribution in [-0.2, 0) is 6.42 Å². The predicted molar refractivity (Wildman–Crippen MR) is 118 cm³/mol. The molecule has 32 heavy (non-hydrogen) atoms. The van der Waals surface area contributed by atoms with Gasteiger partial charge in [0.2, 0.25) is 0 Å². The van der Waals surface area contributed by atoms with Gasteiger partial charge in [0.15, 0.2) is 0 Å². The molecule has 0 bridgehead atoms. The van der Waals surface area contributed by atoms with Crippen molar-refractivity contribution >= 4 is 17.6 Å². The topological polar surface area (TPSA) is 88.1 Å². The highest BCUT2D eigenvalue weighted by Crippen LogP contribution is 2.24. The number of aryl methyl sites for hydroxylation is 1. The predicted octanol–water partition coefficient (Wildman–Crippen LogP) is 3.75. The van der Waals surface area contributed by atoms with Gasteiger partial charge in [0, 0.05) is 37.2 Å². The number of carbonyl (C=O) groups is 2. The molecule has 0 atom stereocenters. The number of nitrogens with zero attached hydrogens (tertiary/aromatic N) is 4. The summed E-state index contributed by atoms with van der Waals surface area (Å²) in [5.74, 6) is 0.236. The third-order valence-electron chi connectivity index (χ3n) is 5.70. The largest absolute Gasteiger partial charge is 0.337 e. The van der Waals surface area contributed by atoms with Crippen molar-refractivity contribution in [2.24, 2.45) is 5.92 Å². The van der Waals surface area contributed by atoms with E-state index in [2.05, 4.69) is 20.3 Å². The maximum Gasteiger partial charge on any atom is 0.274 e. The summed E-state index contributed by atoms with van der Waals surface area (Å²) in [6.45, 7) is 1.44. The number of anilines is 1. The average Bonchev–Trinajstić information content (AvgIpc) is 2.84. The van der Waals surface area contributed by atoms with Gasteiger partial charge in [-0.2, -0.15) is 0 Å². The van der Waals surface area contributed by atoms with Gasteiger partial charge in [-0.05, 0) is 73.6 Å². The Labute approximate surface area is 185 Å². The third kappa shape index (κ3) is 5.51. The monoisotopic (exact) mass is 433 g/mol. The van der Waals surface area contributed by atoms with Gasteiger partial charge in [-0.25, -0.2) is 14.4 Å². The molecule has 164 valence electrons. The van der Waals surface area contributed by atoms with Gasteiger partial charge in [0.1, 0.15) is 17.3 Å². The van der Waals surface area contributed by atoms with Crippen LogP contribution in [0.25, 0.3) is 0 Å². The number of hydrogen-bond donors (Lipinski definition) is 1. The molecule has 2 amide bonds. The number of nitrogens with one attached hydrogen (secondary N) is 1. The minimum absolute atomic E-state index is 0.0628. The van der Waals surface area contributed by atoms with E-state index in [-0.39, 0.29) is 17.6 Å². The molecule has 1 fully saturated rings. The van der Waals surface area contributed by atoms with Crippen molar-refractivity contribution < 1.29 is 14.0 Å². The molecule has 4 rings (SSSR count). The molecule has 1 aliphatic rings. The van der Waals surface area contributed by atoms with Crippen LogP contribution in [0.3, 0.4) is 0 Å². The number of pyridine rings is 1. The fourth-order valence-electron chi connectivity index (χ4n) is 3.85. The molecule has 1 aliphatic heterocycles. The quantitative estimate of drug-likeness (QED) is 0.640. The first kappa shape index (κ1) is 21.5. The van der Waals surface area contributed by atoms with Crippen LogP contribution in [0.1, 0.15) is 45.7 Å². The van der Waals surface area contributed by atoms with Crippen LogP contribution in [0.4, 0.5) is 10.2 Å². The first-order valence-electron chi connectivity index (χ1n) is 10.7. The molecule has 2 aromatic heterocycles. The van der Waals surface area contributed by atoms with Crippen LogP contribution in [0.2, 0.25) is 0 Å². The van der Waals surface area contributed by atoms with E-state index in [1.807, 2.05) is 17.0 Å². The molecule has 8 heteroatoms. The second-order valence-corrected chi connectivity index (χ2v) is 7.88. The van der Waals surface area contributed by atoms with E-state index in [9.17, 15) is 14.0 Å². The number of carbonyl (C=O) groups excluding carboxylic acids is 2. The van der Waals surface area contributed by atoms with E-state index in [4.69, 9.17) is 0 Å². The van der Waals surface area contributed by atoms with Crippen LogP contribution in [0, 0.1) is 11.7 Å². The fourth-order valence-corrected chi connectivity index (χ4v) is 3.85. The number of amides is 2. The highest BCUT2D eigenvalue weighted by atomic mass is 19.1. The average molecular weight is 433 g/mol. The summed E-state index contributed by atoms with van der Waals surface area (Å²) in [7, 11) is 0. The molecule has 0 radical (unpaired) electrons. The summed E-state index contributed by atoms with van der Waals surface area (Å²) in [5, 5.41) is 2.76. The van der Waals surface area contributed by atoms with Crippen LogP contribution in [0.15, 0.2) is 61.2 Å². The van der Waals surface area contributed by atoms with Crippen LogP contribution >= 0.6 is 0 Å². The van der Waals surface area contributed by atoms with Gasteiger partial charge in [0.05, 0.1) is 6.20 Å². The molecule has 1 saturated heterocycles. The summed E-state index contributed by atoms with van der Waals surface area (Å²) in [6, 6.07) is 9.20. The Kier molecular flexibility index (Phi) is 6.79. The summed E-state index contributed by atoms with van der Waals surface area (Å²) < 4.78 is 13.0. The van der Waals surface area contributed by atoms with Crippen LogP contribution in [-0.4, -0.2) is 44.8 Å². The highest BCUT2D eigenvalue weighted by molar-refractivity contribution is 6.03. The van der Waals surface area contributed by atoms with Crippen LogP contribution in [0.5, 0.6) is 0 Å². The van der Waals surface area contributed by atoms with Gasteiger partial charge >= 0.3 is 0 Å². The lowest BCUT2D eigenvalue weighted by Crippen LogP contribution is -2.39. The Morgan fingerprint density at radius 1 is 1.03 bits per heavy atom. The van der Waals surface area contributed by atoms with Gasteiger partial charge in [-0.3, -0.25) is 14.6 Å². The summed E-state index contributed by atoms with van der Waals surface area (Å²) in [6.07, 6.45) is 10.0. The van der Waals surface area contributed by atoms with E-state index in [0.717, 1.165) is 44.3 Å². The molecule has 1 N–H and O–H groups in total. The molecule has 0 unspecified atom stereocenters. The number of rotatable bonds is 6. The lowest BCUT2D eigenvalue weighted by molar-refractivity contribution is 0.0680. The molecule has 1 aromatic carbocycles. The van der Waals surface area contributed by atoms with Gasteiger partial charge < -0.3 is 10.2 Å².